The molecule has 15 heavy (non-hydrogen) atoms. The summed E-state index contributed by atoms with van der Waals surface area (Å²) in [6.45, 7) is 0. The fraction of sp³-hybridized carbons (Fsp3) is 0. The van der Waals surface area contributed by atoms with E-state index in [2.05, 4.69) is 4.98 Å². The van der Waals surface area contributed by atoms with E-state index in [9.17, 15) is 13.6 Å². The summed E-state index contributed by atoms with van der Waals surface area (Å²) in [5, 5.41) is 7.95. The zero-order chi connectivity index (χ0) is 11.2. The summed E-state index contributed by atoms with van der Waals surface area (Å²) in [6.07, 6.45) is 0. The van der Waals surface area contributed by atoms with Crippen LogP contribution in [-0.4, -0.2) is 16.1 Å². The lowest BCUT2D eigenvalue weighted by molar-refractivity contribution is 0.0691. The van der Waals surface area contributed by atoms with Gasteiger partial charge in [-0.2, -0.15) is 0 Å². The van der Waals surface area contributed by atoms with E-state index in [0.717, 1.165) is 12.1 Å². The van der Waals surface area contributed by atoms with Gasteiger partial charge in [0.1, 0.15) is 16.5 Å². The van der Waals surface area contributed by atoms with Gasteiger partial charge in [-0.3, -0.25) is 0 Å². The van der Waals surface area contributed by atoms with Gasteiger partial charge in [0.15, 0.2) is 5.82 Å². The third-order valence-electron chi connectivity index (χ3n) is 1.99. The molecule has 0 aliphatic carbocycles. The second kappa shape index (κ2) is 3.20. The fourth-order valence-corrected chi connectivity index (χ4v) is 1.45. The maximum Gasteiger partial charge on any atom is 0.352 e. The van der Waals surface area contributed by atoms with E-state index >= 15 is 0 Å². The Morgan fingerprint density at radius 2 is 2.07 bits per heavy atom. The number of carboxylic acid groups (broad SMARTS) is 1. The Bertz CT molecular complexity index is 565. The monoisotopic (exact) mass is 231 g/mol. The fourth-order valence-electron chi connectivity index (χ4n) is 1.29. The normalized spacial score (nSPS) is 10.9. The van der Waals surface area contributed by atoms with Crippen molar-refractivity contribution in [1.82, 2.24) is 4.98 Å². The van der Waals surface area contributed by atoms with Crippen LogP contribution in [0.5, 0.6) is 0 Å². The predicted octanol–water partition coefficient (Wildman–Crippen LogP) is 2.80. The molecule has 1 aromatic carbocycles. The lowest BCUT2D eigenvalue weighted by Gasteiger charge is -1.97. The van der Waals surface area contributed by atoms with Crippen LogP contribution in [0.4, 0.5) is 8.78 Å². The Kier molecular flexibility index (Phi) is 2.12. The lowest BCUT2D eigenvalue weighted by atomic mass is 10.2. The Labute approximate surface area is 87.3 Å². The Balaban J connectivity index is 2.82. The molecule has 0 saturated carbocycles. The maximum absolute atomic E-state index is 13.4. The maximum atomic E-state index is 13.4. The number of halogens is 3. The van der Waals surface area contributed by atoms with Gasteiger partial charge in [-0.1, -0.05) is 11.6 Å². The van der Waals surface area contributed by atoms with Crippen LogP contribution in [0.1, 0.15) is 10.5 Å². The standard InChI is InChI=1S/C9H4ClF2NO2/c10-7-4(11)2-5-3(8(7)12)1-6(13-5)9(14)15/h1-2,13H,(H,14,15). The average molecular weight is 232 g/mol. The lowest BCUT2D eigenvalue weighted by Crippen LogP contribution is -1.94. The molecular formula is C9H4ClF2NO2. The SMILES string of the molecule is O=C(O)c1cc2c(F)c(Cl)c(F)cc2[nH]1. The second-order valence-electron chi connectivity index (χ2n) is 2.94. The van der Waals surface area contributed by atoms with Crippen molar-refractivity contribution in [2.45, 2.75) is 0 Å². The highest BCUT2D eigenvalue weighted by Gasteiger charge is 2.16. The molecule has 2 N–H and O–H groups in total. The number of hydrogen-bond donors (Lipinski definition) is 2. The van der Waals surface area contributed by atoms with Crippen LogP contribution in [0.15, 0.2) is 12.1 Å². The van der Waals surface area contributed by atoms with Crippen LogP contribution < -0.4 is 0 Å². The zero-order valence-electron chi connectivity index (χ0n) is 7.14. The summed E-state index contributed by atoms with van der Waals surface area (Å²) >= 11 is 5.33. The smallest absolute Gasteiger partial charge is 0.352 e. The van der Waals surface area contributed by atoms with E-state index in [1.807, 2.05) is 0 Å². The minimum Gasteiger partial charge on any atom is -0.477 e. The van der Waals surface area contributed by atoms with Gasteiger partial charge in [0.05, 0.1) is 5.52 Å². The van der Waals surface area contributed by atoms with Crippen molar-refractivity contribution in [2.24, 2.45) is 0 Å². The van der Waals surface area contributed by atoms with Crippen molar-refractivity contribution in [3.05, 3.63) is 34.5 Å². The summed E-state index contributed by atoms with van der Waals surface area (Å²) in [5.41, 5.74) is -0.155. The van der Waals surface area contributed by atoms with Crippen LogP contribution in [-0.2, 0) is 0 Å². The van der Waals surface area contributed by atoms with Crippen molar-refractivity contribution in [3.63, 3.8) is 0 Å². The summed E-state index contributed by atoms with van der Waals surface area (Å²) in [4.78, 5) is 12.9. The van der Waals surface area contributed by atoms with Gasteiger partial charge in [0.25, 0.3) is 0 Å². The van der Waals surface area contributed by atoms with Gasteiger partial charge in [-0.05, 0) is 12.1 Å². The van der Waals surface area contributed by atoms with Gasteiger partial charge in [-0.25, -0.2) is 13.6 Å². The predicted molar refractivity (Wildman–Crippen MR) is 50.2 cm³/mol. The number of carboxylic acids is 1. The molecule has 0 saturated heterocycles. The molecule has 0 bridgehead atoms. The molecule has 1 heterocycles. The van der Waals surface area contributed by atoms with Crippen molar-refractivity contribution in [3.8, 4) is 0 Å². The number of carbonyl (C=O) groups is 1. The van der Waals surface area contributed by atoms with Crippen molar-refractivity contribution >= 4 is 28.5 Å². The number of hydrogen-bond acceptors (Lipinski definition) is 1. The number of aromatic carboxylic acids is 1. The van der Waals surface area contributed by atoms with Crippen LogP contribution in [0.2, 0.25) is 5.02 Å². The minimum atomic E-state index is -1.25. The number of aromatic amines is 1. The quantitative estimate of drug-likeness (QED) is 0.742. The van der Waals surface area contributed by atoms with Gasteiger partial charge in [-0.15, -0.1) is 0 Å². The Hall–Kier alpha value is -1.62. The first kappa shape index (κ1) is 9.92. The molecule has 0 radical (unpaired) electrons. The van der Waals surface area contributed by atoms with Gasteiger partial charge < -0.3 is 10.1 Å². The largest absolute Gasteiger partial charge is 0.477 e. The number of aromatic nitrogens is 1. The molecule has 2 rings (SSSR count). The molecule has 0 atom stereocenters. The summed E-state index contributed by atoms with van der Waals surface area (Å²) < 4.78 is 26.3. The molecule has 0 aliphatic heterocycles. The van der Waals surface area contributed by atoms with Gasteiger partial charge >= 0.3 is 5.97 Å². The van der Waals surface area contributed by atoms with Crippen LogP contribution in [0, 0.1) is 11.6 Å². The third-order valence-corrected chi connectivity index (χ3v) is 2.33. The van der Waals surface area contributed by atoms with Crippen LogP contribution >= 0.6 is 11.6 Å². The topological polar surface area (TPSA) is 53.1 Å². The average Bonchev–Trinajstić information content (AvgIpc) is 2.58. The highest BCUT2D eigenvalue weighted by molar-refractivity contribution is 6.31. The number of rotatable bonds is 1. The van der Waals surface area contributed by atoms with Crippen molar-refractivity contribution in [1.29, 1.82) is 0 Å². The van der Waals surface area contributed by atoms with Crippen molar-refractivity contribution in [2.75, 3.05) is 0 Å². The Morgan fingerprint density at radius 1 is 1.40 bits per heavy atom. The molecule has 0 amide bonds. The van der Waals surface area contributed by atoms with E-state index in [1.54, 1.807) is 0 Å². The van der Waals surface area contributed by atoms with E-state index in [1.165, 1.54) is 0 Å². The molecular weight excluding hydrogens is 228 g/mol. The molecule has 3 nitrogen and oxygen atoms in total. The van der Waals surface area contributed by atoms with E-state index in [0.29, 0.717) is 0 Å². The molecule has 0 unspecified atom stereocenters. The van der Waals surface area contributed by atoms with Crippen LogP contribution in [0.25, 0.3) is 10.9 Å². The summed E-state index contributed by atoms with van der Waals surface area (Å²) in [7, 11) is 0. The molecule has 78 valence electrons. The third kappa shape index (κ3) is 1.45. The Morgan fingerprint density at radius 3 is 2.67 bits per heavy atom. The molecule has 0 aliphatic rings. The minimum absolute atomic E-state index is 0.0428. The first-order valence-corrected chi connectivity index (χ1v) is 4.28. The highest BCUT2D eigenvalue weighted by Crippen LogP contribution is 2.27. The number of fused-ring (bicyclic) bond motifs is 1. The van der Waals surface area contributed by atoms with Gasteiger partial charge in [0, 0.05) is 5.39 Å². The number of nitrogens with one attached hydrogen (secondary N) is 1. The molecule has 1 aromatic heterocycles. The van der Waals surface area contributed by atoms with E-state index in [4.69, 9.17) is 16.7 Å². The molecule has 2 aromatic rings. The molecule has 0 spiro atoms. The molecule has 6 heteroatoms. The number of benzene rings is 1. The first-order valence-electron chi connectivity index (χ1n) is 3.90. The second-order valence-corrected chi connectivity index (χ2v) is 3.31. The van der Waals surface area contributed by atoms with E-state index in [-0.39, 0.29) is 16.6 Å². The highest BCUT2D eigenvalue weighted by atomic mass is 35.5. The molecule has 0 fully saturated rings. The van der Waals surface area contributed by atoms with E-state index < -0.39 is 22.6 Å². The first-order chi connectivity index (χ1) is 7.00. The van der Waals surface area contributed by atoms with Crippen LogP contribution in [0.3, 0.4) is 0 Å². The summed E-state index contributed by atoms with van der Waals surface area (Å²) in [5.74, 6) is -3.14. The number of H-pyrrole nitrogens is 1. The van der Waals surface area contributed by atoms with Crippen molar-refractivity contribution < 1.29 is 18.7 Å². The van der Waals surface area contributed by atoms with Gasteiger partial charge in [0.2, 0.25) is 0 Å². The summed E-state index contributed by atoms with van der Waals surface area (Å²) in [6, 6.07) is 2.02. The zero-order valence-corrected chi connectivity index (χ0v) is 7.90.